The molecule has 0 atom stereocenters. The van der Waals surface area contributed by atoms with Crippen LogP contribution in [0.25, 0.3) is 23.4 Å². The summed E-state index contributed by atoms with van der Waals surface area (Å²) in [5.74, 6) is 0. The fourth-order valence-corrected chi connectivity index (χ4v) is 2.89. The van der Waals surface area contributed by atoms with Crippen molar-refractivity contribution in [1.29, 1.82) is 0 Å². The normalized spacial score (nSPS) is 12.2. The molecule has 0 spiro atoms. The van der Waals surface area contributed by atoms with E-state index < -0.39 is 0 Å². The molecule has 0 fully saturated rings. The molecule has 1 heteroatoms. The van der Waals surface area contributed by atoms with Crippen LogP contribution in [-0.4, -0.2) is 7.05 Å². The van der Waals surface area contributed by atoms with Gasteiger partial charge in [-0.2, -0.15) is 0 Å². The number of rotatable bonds is 3. The van der Waals surface area contributed by atoms with Gasteiger partial charge in [0.2, 0.25) is 0 Å². The third kappa shape index (κ3) is 2.91. The van der Waals surface area contributed by atoms with Gasteiger partial charge in [-0.15, -0.1) is 0 Å². The van der Waals surface area contributed by atoms with Gasteiger partial charge in [-0.1, -0.05) is 73.3 Å². The van der Waals surface area contributed by atoms with Crippen LogP contribution in [0.3, 0.4) is 0 Å². The van der Waals surface area contributed by atoms with Crippen molar-refractivity contribution in [3.8, 4) is 0 Å². The molecule has 0 aliphatic rings. The largest absolute Gasteiger partial charge is 0.344 e. The van der Waals surface area contributed by atoms with E-state index in [0.717, 1.165) is 16.1 Å². The lowest BCUT2D eigenvalue weighted by atomic mass is 10.1. The molecular formula is C22H21N. The minimum Gasteiger partial charge on any atom is -0.344 e. The molecule has 1 nitrogen and oxygen atoms in total. The highest BCUT2D eigenvalue weighted by Gasteiger charge is 2.08. The predicted octanol–water partition coefficient (Wildman–Crippen LogP) is 4.37. The second-order valence-electron chi connectivity index (χ2n) is 5.59. The SMILES string of the molecule is C=c1c(N(C)c2cccc3ccccc23)ccc/c1=C/C=C\C. The summed E-state index contributed by atoms with van der Waals surface area (Å²) in [4.78, 5) is 2.22. The zero-order chi connectivity index (χ0) is 16.2. The number of hydrogen-bond donors (Lipinski definition) is 0. The minimum absolute atomic E-state index is 1.04. The average Bonchev–Trinajstić information content (AvgIpc) is 2.60. The van der Waals surface area contributed by atoms with E-state index in [4.69, 9.17) is 0 Å². The number of allylic oxidation sites excluding steroid dienone is 2. The zero-order valence-corrected chi connectivity index (χ0v) is 13.7. The Morgan fingerprint density at radius 2 is 1.57 bits per heavy atom. The van der Waals surface area contributed by atoms with Crippen LogP contribution in [0.5, 0.6) is 0 Å². The molecule has 0 N–H and O–H groups in total. The van der Waals surface area contributed by atoms with E-state index in [1.807, 2.05) is 19.1 Å². The van der Waals surface area contributed by atoms with E-state index in [1.54, 1.807) is 0 Å². The maximum atomic E-state index is 4.29. The first-order valence-corrected chi connectivity index (χ1v) is 7.85. The molecule has 0 bridgehead atoms. The van der Waals surface area contributed by atoms with Crippen LogP contribution in [-0.2, 0) is 0 Å². The van der Waals surface area contributed by atoms with Crippen molar-refractivity contribution < 1.29 is 0 Å². The number of anilines is 2. The lowest BCUT2D eigenvalue weighted by molar-refractivity contribution is 1.20. The summed E-state index contributed by atoms with van der Waals surface area (Å²) >= 11 is 0. The molecule has 114 valence electrons. The van der Waals surface area contributed by atoms with Crippen molar-refractivity contribution in [3.05, 3.63) is 83.3 Å². The van der Waals surface area contributed by atoms with Gasteiger partial charge in [-0.05, 0) is 34.9 Å². The van der Waals surface area contributed by atoms with Crippen LogP contribution in [0.4, 0.5) is 11.4 Å². The molecule has 0 amide bonds. The molecule has 3 aromatic rings. The van der Waals surface area contributed by atoms with Crippen LogP contribution < -0.4 is 15.3 Å². The van der Waals surface area contributed by atoms with Gasteiger partial charge in [0.1, 0.15) is 0 Å². The molecule has 0 radical (unpaired) electrons. The number of hydrogen-bond acceptors (Lipinski definition) is 1. The molecule has 23 heavy (non-hydrogen) atoms. The summed E-state index contributed by atoms with van der Waals surface area (Å²) in [5.41, 5.74) is 2.32. The van der Waals surface area contributed by atoms with Gasteiger partial charge in [-0.25, -0.2) is 0 Å². The Morgan fingerprint density at radius 1 is 0.870 bits per heavy atom. The van der Waals surface area contributed by atoms with Crippen LogP contribution in [0.15, 0.2) is 72.8 Å². The van der Waals surface area contributed by atoms with Crippen LogP contribution in [0.1, 0.15) is 6.92 Å². The summed E-state index contributed by atoms with van der Waals surface area (Å²) in [6, 6.07) is 21.2. The van der Waals surface area contributed by atoms with Gasteiger partial charge < -0.3 is 4.90 Å². The summed E-state index contributed by atoms with van der Waals surface area (Å²) in [6.07, 6.45) is 6.18. The Bertz CT molecular complexity index is 961. The summed E-state index contributed by atoms with van der Waals surface area (Å²) < 4.78 is 0. The molecule has 0 unspecified atom stereocenters. The van der Waals surface area contributed by atoms with Crippen molar-refractivity contribution in [3.63, 3.8) is 0 Å². The van der Waals surface area contributed by atoms with Gasteiger partial charge in [0, 0.05) is 23.8 Å². The van der Waals surface area contributed by atoms with Crippen molar-refractivity contribution in [2.45, 2.75) is 6.92 Å². The van der Waals surface area contributed by atoms with E-state index in [-0.39, 0.29) is 0 Å². The number of fused-ring (bicyclic) bond motifs is 1. The fraction of sp³-hybridized carbons (Fsp3) is 0.0909. The fourth-order valence-electron chi connectivity index (χ4n) is 2.89. The molecule has 0 saturated carbocycles. The molecule has 3 rings (SSSR count). The summed E-state index contributed by atoms with van der Waals surface area (Å²) in [5, 5.41) is 4.69. The van der Waals surface area contributed by atoms with E-state index in [0.29, 0.717) is 0 Å². The Hall–Kier alpha value is -2.80. The number of benzene rings is 3. The molecule has 0 saturated heterocycles. The quantitative estimate of drug-likeness (QED) is 0.694. The standard InChI is InChI=1S/C22H21N/c1-4-5-10-18-12-8-15-21(17(18)2)23(3)22-16-9-13-19-11-6-7-14-20(19)22/h4-16H,2H2,1,3H3/b5-4-,18-10-. The lowest BCUT2D eigenvalue weighted by Crippen LogP contribution is -2.29. The van der Waals surface area contributed by atoms with Crippen molar-refractivity contribution >= 4 is 34.8 Å². The molecular weight excluding hydrogens is 278 g/mol. The van der Waals surface area contributed by atoms with E-state index >= 15 is 0 Å². The average molecular weight is 299 g/mol. The van der Waals surface area contributed by atoms with Crippen LogP contribution in [0, 0.1) is 0 Å². The van der Waals surface area contributed by atoms with Crippen LogP contribution in [0.2, 0.25) is 0 Å². The lowest BCUT2D eigenvalue weighted by Gasteiger charge is -2.22. The van der Waals surface area contributed by atoms with Crippen LogP contribution >= 0.6 is 0 Å². The highest BCUT2D eigenvalue weighted by atomic mass is 15.1. The predicted molar refractivity (Wildman–Crippen MR) is 103 cm³/mol. The zero-order valence-electron chi connectivity index (χ0n) is 13.7. The highest BCUT2D eigenvalue weighted by Crippen LogP contribution is 2.29. The van der Waals surface area contributed by atoms with Gasteiger partial charge in [0.05, 0.1) is 0 Å². The molecule has 3 aromatic carbocycles. The minimum atomic E-state index is 1.04. The Morgan fingerprint density at radius 3 is 2.39 bits per heavy atom. The maximum absolute atomic E-state index is 4.29. The highest BCUT2D eigenvalue weighted by molar-refractivity contribution is 5.95. The molecule has 0 heterocycles. The first kappa shape index (κ1) is 15.1. The van der Waals surface area contributed by atoms with Crippen molar-refractivity contribution in [2.24, 2.45) is 0 Å². The smallest absolute Gasteiger partial charge is 0.0487 e. The monoisotopic (exact) mass is 299 g/mol. The van der Waals surface area contributed by atoms with E-state index in [1.165, 1.54) is 16.5 Å². The van der Waals surface area contributed by atoms with Crippen molar-refractivity contribution in [1.82, 2.24) is 0 Å². The van der Waals surface area contributed by atoms with Crippen molar-refractivity contribution in [2.75, 3.05) is 11.9 Å². The first-order chi connectivity index (χ1) is 11.2. The first-order valence-electron chi connectivity index (χ1n) is 7.85. The molecule has 0 aliphatic carbocycles. The Kier molecular flexibility index (Phi) is 4.29. The van der Waals surface area contributed by atoms with Gasteiger partial charge in [-0.3, -0.25) is 0 Å². The summed E-state index contributed by atoms with van der Waals surface area (Å²) in [7, 11) is 2.10. The topological polar surface area (TPSA) is 3.24 Å². The summed E-state index contributed by atoms with van der Waals surface area (Å²) in [6.45, 7) is 6.31. The van der Waals surface area contributed by atoms with Gasteiger partial charge in [0.15, 0.2) is 0 Å². The molecule has 0 aromatic heterocycles. The Balaban J connectivity index is 2.17. The second kappa shape index (κ2) is 6.53. The van der Waals surface area contributed by atoms with Gasteiger partial charge in [0.25, 0.3) is 0 Å². The van der Waals surface area contributed by atoms with E-state index in [9.17, 15) is 0 Å². The Labute approximate surface area is 137 Å². The third-order valence-electron chi connectivity index (χ3n) is 4.15. The molecule has 0 aliphatic heterocycles. The maximum Gasteiger partial charge on any atom is 0.0487 e. The third-order valence-corrected chi connectivity index (χ3v) is 4.15. The van der Waals surface area contributed by atoms with E-state index in [2.05, 4.69) is 85.3 Å². The second-order valence-corrected chi connectivity index (χ2v) is 5.59. The van der Waals surface area contributed by atoms with Gasteiger partial charge >= 0.3 is 0 Å². The number of nitrogens with zero attached hydrogens (tertiary/aromatic N) is 1.